The minimum absolute atomic E-state index is 1.24. The van der Waals surface area contributed by atoms with Gasteiger partial charge < -0.3 is 0 Å². The van der Waals surface area contributed by atoms with Crippen LogP contribution in [0.3, 0.4) is 0 Å². The number of rotatable bonds is 0. The maximum atomic E-state index is 2.31. The van der Waals surface area contributed by atoms with Gasteiger partial charge in [-0.3, -0.25) is 0 Å². The van der Waals surface area contributed by atoms with Gasteiger partial charge in [-0.2, -0.15) is 0 Å². The molecule has 1 aliphatic carbocycles. The van der Waals surface area contributed by atoms with E-state index in [1.807, 2.05) is 0 Å². The Morgan fingerprint density at radius 2 is 0.571 bits per heavy atom. The standard InChI is InChI=1S/C21H36/c1-2-4-6-8-10-12-14-16-18-20-21-19-17-15-13-11-9-7-5-3-1/h1-6H,7-21H2. The molecule has 0 aromatic carbocycles. The third kappa shape index (κ3) is 13.9. The molecule has 120 valence electrons. The van der Waals surface area contributed by atoms with Gasteiger partial charge in [0.15, 0.2) is 0 Å². The van der Waals surface area contributed by atoms with E-state index in [0.717, 1.165) is 0 Å². The average Bonchev–Trinajstić information content (AvgIpc) is 2.50. The van der Waals surface area contributed by atoms with Crippen molar-refractivity contribution >= 4 is 0 Å². The van der Waals surface area contributed by atoms with Crippen molar-refractivity contribution < 1.29 is 0 Å². The predicted octanol–water partition coefficient (Wildman–Crippen LogP) is 7.52. The first-order valence-corrected chi connectivity index (χ1v) is 9.48. The van der Waals surface area contributed by atoms with Gasteiger partial charge in [0.05, 0.1) is 0 Å². The Kier molecular flexibility index (Phi) is 13.6. The lowest BCUT2D eigenvalue weighted by Crippen LogP contribution is -1.83. The molecule has 21 heavy (non-hydrogen) atoms. The molecule has 0 nitrogen and oxygen atoms in total. The molecular formula is C21H36. The van der Waals surface area contributed by atoms with E-state index in [4.69, 9.17) is 0 Å². The summed E-state index contributed by atoms with van der Waals surface area (Å²) >= 11 is 0. The molecule has 0 aromatic rings. The van der Waals surface area contributed by atoms with Gasteiger partial charge in [0, 0.05) is 0 Å². The first-order chi connectivity index (χ1) is 10.5. The molecule has 0 radical (unpaired) electrons. The summed E-state index contributed by atoms with van der Waals surface area (Å²) in [6, 6.07) is 0. The minimum Gasteiger partial charge on any atom is -0.0845 e. The van der Waals surface area contributed by atoms with Crippen molar-refractivity contribution in [2.45, 2.75) is 96.3 Å². The van der Waals surface area contributed by atoms with E-state index in [-0.39, 0.29) is 0 Å². The second kappa shape index (κ2) is 15.6. The zero-order valence-electron chi connectivity index (χ0n) is 14.1. The van der Waals surface area contributed by atoms with Crippen molar-refractivity contribution in [3.63, 3.8) is 0 Å². The summed E-state index contributed by atoms with van der Waals surface area (Å²) in [6.45, 7) is 0. The van der Waals surface area contributed by atoms with Gasteiger partial charge in [-0.15, -0.1) is 0 Å². The monoisotopic (exact) mass is 288 g/mol. The maximum absolute atomic E-state index is 2.31. The highest BCUT2D eigenvalue weighted by Gasteiger charge is 1.93. The molecule has 0 atom stereocenters. The molecule has 0 heterocycles. The lowest BCUT2D eigenvalue weighted by molar-refractivity contribution is 0.538. The highest BCUT2D eigenvalue weighted by molar-refractivity contribution is 5.10. The van der Waals surface area contributed by atoms with Crippen LogP contribution in [0.15, 0.2) is 36.5 Å². The van der Waals surface area contributed by atoms with E-state index in [1.54, 1.807) is 0 Å². The van der Waals surface area contributed by atoms with E-state index in [9.17, 15) is 0 Å². The topological polar surface area (TPSA) is 0 Å². The fourth-order valence-corrected chi connectivity index (χ4v) is 2.95. The fraction of sp³-hybridized carbons (Fsp3) is 0.714. The molecule has 0 N–H and O–H groups in total. The van der Waals surface area contributed by atoms with Crippen molar-refractivity contribution in [2.75, 3.05) is 0 Å². The Morgan fingerprint density at radius 1 is 0.286 bits per heavy atom. The van der Waals surface area contributed by atoms with Crippen LogP contribution >= 0.6 is 0 Å². The minimum atomic E-state index is 1.24. The van der Waals surface area contributed by atoms with Crippen LogP contribution in [0, 0.1) is 0 Å². The lowest BCUT2D eigenvalue weighted by Gasteiger charge is -2.02. The zero-order chi connectivity index (χ0) is 14.8. The van der Waals surface area contributed by atoms with Crippen LogP contribution in [0.5, 0.6) is 0 Å². The number of hydrogen-bond acceptors (Lipinski definition) is 0. The van der Waals surface area contributed by atoms with Gasteiger partial charge in [0.1, 0.15) is 0 Å². The van der Waals surface area contributed by atoms with Crippen LogP contribution in [0.1, 0.15) is 96.3 Å². The molecule has 0 aliphatic heterocycles. The molecule has 0 heteroatoms. The third-order valence-electron chi connectivity index (χ3n) is 4.35. The van der Waals surface area contributed by atoms with Crippen LogP contribution in [-0.2, 0) is 0 Å². The molecule has 0 unspecified atom stereocenters. The van der Waals surface area contributed by atoms with Gasteiger partial charge >= 0.3 is 0 Å². The second-order valence-electron chi connectivity index (χ2n) is 6.41. The molecule has 1 aliphatic rings. The first-order valence-electron chi connectivity index (χ1n) is 9.48. The molecular weight excluding hydrogens is 252 g/mol. The van der Waals surface area contributed by atoms with Gasteiger partial charge in [-0.05, 0) is 25.7 Å². The van der Waals surface area contributed by atoms with E-state index >= 15 is 0 Å². The van der Waals surface area contributed by atoms with Crippen molar-refractivity contribution in [1.82, 2.24) is 0 Å². The lowest BCUT2D eigenvalue weighted by atomic mass is 10.0. The van der Waals surface area contributed by atoms with Gasteiger partial charge in [0.25, 0.3) is 0 Å². The fourth-order valence-electron chi connectivity index (χ4n) is 2.95. The molecule has 0 saturated heterocycles. The summed E-state index contributed by atoms with van der Waals surface area (Å²) in [4.78, 5) is 0. The maximum Gasteiger partial charge on any atom is -0.0348 e. The Balaban J connectivity index is 2.17. The van der Waals surface area contributed by atoms with Crippen LogP contribution in [0.4, 0.5) is 0 Å². The van der Waals surface area contributed by atoms with Crippen LogP contribution in [0.2, 0.25) is 0 Å². The van der Waals surface area contributed by atoms with Crippen molar-refractivity contribution in [3.8, 4) is 0 Å². The van der Waals surface area contributed by atoms with Gasteiger partial charge in [0.2, 0.25) is 0 Å². The van der Waals surface area contributed by atoms with Crippen molar-refractivity contribution in [1.29, 1.82) is 0 Å². The molecule has 0 bridgehead atoms. The Bertz CT molecular complexity index is 254. The van der Waals surface area contributed by atoms with Crippen LogP contribution in [0.25, 0.3) is 0 Å². The number of hydrogen-bond donors (Lipinski definition) is 0. The highest BCUT2D eigenvalue weighted by Crippen LogP contribution is 2.13. The largest absolute Gasteiger partial charge is 0.0845 e. The quantitative estimate of drug-likeness (QED) is 0.432. The SMILES string of the molecule is C1=CC=CCCCCCCCCCCCCCCCC=C1. The summed E-state index contributed by atoms with van der Waals surface area (Å²) < 4.78 is 0. The van der Waals surface area contributed by atoms with E-state index in [0.29, 0.717) is 0 Å². The molecule has 0 spiro atoms. The Labute approximate surface area is 133 Å². The van der Waals surface area contributed by atoms with Crippen LogP contribution in [-0.4, -0.2) is 0 Å². The first kappa shape index (κ1) is 18.3. The molecule has 1 rings (SSSR count). The summed E-state index contributed by atoms with van der Waals surface area (Å²) in [5.41, 5.74) is 0. The number of allylic oxidation sites excluding steroid dienone is 6. The summed E-state index contributed by atoms with van der Waals surface area (Å²) in [7, 11) is 0. The Hall–Kier alpha value is -0.780. The van der Waals surface area contributed by atoms with E-state index in [2.05, 4.69) is 36.5 Å². The molecule has 0 fully saturated rings. The zero-order valence-corrected chi connectivity index (χ0v) is 14.1. The second-order valence-corrected chi connectivity index (χ2v) is 6.41. The van der Waals surface area contributed by atoms with Crippen molar-refractivity contribution in [3.05, 3.63) is 36.5 Å². The van der Waals surface area contributed by atoms with Gasteiger partial charge in [-0.25, -0.2) is 0 Å². The highest BCUT2D eigenvalue weighted by atomic mass is 14.0. The molecule has 0 amide bonds. The van der Waals surface area contributed by atoms with E-state index in [1.165, 1.54) is 96.3 Å². The molecule has 0 saturated carbocycles. The predicted molar refractivity (Wildman–Crippen MR) is 96.7 cm³/mol. The normalized spacial score (nSPS) is 21.7. The van der Waals surface area contributed by atoms with Gasteiger partial charge in [-0.1, -0.05) is 107 Å². The summed E-state index contributed by atoms with van der Waals surface area (Å²) in [6.07, 6.45) is 34.5. The summed E-state index contributed by atoms with van der Waals surface area (Å²) in [5, 5.41) is 0. The third-order valence-corrected chi connectivity index (χ3v) is 4.35. The Morgan fingerprint density at radius 3 is 0.905 bits per heavy atom. The smallest absolute Gasteiger partial charge is 0.0348 e. The average molecular weight is 289 g/mol. The molecule has 0 aromatic heterocycles. The van der Waals surface area contributed by atoms with Crippen LogP contribution < -0.4 is 0 Å². The van der Waals surface area contributed by atoms with Crippen molar-refractivity contribution in [2.24, 2.45) is 0 Å². The summed E-state index contributed by atoms with van der Waals surface area (Å²) in [5.74, 6) is 0. The van der Waals surface area contributed by atoms with E-state index < -0.39 is 0 Å².